The van der Waals surface area contributed by atoms with Gasteiger partial charge in [-0.2, -0.15) is 0 Å². The van der Waals surface area contributed by atoms with E-state index >= 15 is 0 Å². The van der Waals surface area contributed by atoms with Gasteiger partial charge in [-0.1, -0.05) is 0 Å². The molecule has 1 N–H and O–H groups in total. The topological polar surface area (TPSA) is 84.7 Å². The first-order valence-electron chi connectivity index (χ1n) is 5.84. The number of nitrogens with one attached hydrogen (secondary N) is 1. The van der Waals surface area contributed by atoms with Crippen molar-refractivity contribution in [3.8, 4) is 5.75 Å². The summed E-state index contributed by atoms with van der Waals surface area (Å²) in [5, 5.41) is 13.8. The lowest BCUT2D eigenvalue weighted by Gasteiger charge is -2.17. The fraction of sp³-hybridized carbons (Fsp3) is 0.333. The number of carbonyl (C=O) groups excluding carboxylic acids is 1. The van der Waals surface area contributed by atoms with Gasteiger partial charge < -0.3 is 10.1 Å². The highest BCUT2D eigenvalue weighted by Gasteiger charge is 2.36. The van der Waals surface area contributed by atoms with Gasteiger partial charge in [-0.3, -0.25) is 15.0 Å². The first-order valence-corrected chi connectivity index (χ1v) is 6.25. The molecule has 1 aromatic rings. The van der Waals surface area contributed by atoms with Crippen LogP contribution in [-0.2, 0) is 0 Å². The maximum Gasteiger partial charge on any atom is 0.421 e. The first kappa shape index (κ1) is 14.2. The van der Waals surface area contributed by atoms with Crippen LogP contribution < -0.4 is 10.1 Å². The van der Waals surface area contributed by atoms with E-state index in [1.54, 1.807) is 0 Å². The van der Waals surface area contributed by atoms with Crippen LogP contribution in [0.1, 0.15) is 13.8 Å². The molecule has 7 nitrogen and oxygen atoms in total. The Morgan fingerprint density at radius 1 is 1.45 bits per heavy atom. The van der Waals surface area contributed by atoms with E-state index in [1.807, 2.05) is 13.8 Å². The zero-order valence-electron chi connectivity index (χ0n) is 11.0. The third kappa shape index (κ3) is 3.02. The van der Waals surface area contributed by atoms with Gasteiger partial charge in [-0.15, -0.1) is 0 Å². The van der Waals surface area contributed by atoms with Crippen LogP contribution in [0.15, 0.2) is 24.3 Å². The third-order valence-electron chi connectivity index (χ3n) is 2.72. The summed E-state index contributed by atoms with van der Waals surface area (Å²) in [6.07, 6.45) is -0.609. The van der Waals surface area contributed by atoms with Crippen molar-refractivity contribution in [2.45, 2.75) is 19.4 Å². The highest BCUT2D eigenvalue weighted by molar-refractivity contribution is 7.80. The van der Waals surface area contributed by atoms with Gasteiger partial charge >= 0.3 is 6.09 Å². The number of amides is 1. The van der Waals surface area contributed by atoms with Gasteiger partial charge in [0.05, 0.1) is 17.0 Å². The van der Waals surface area contributed by atoms with Crippen molar-refractivity contribution >= 4 is 29.1 Å². The molecule has 0 aromatic heterocycles. The minimum Gasteiger partial charge on any atom is -0.410 e. The van der Waals surface area contributed by atoms with E-state index in [4.69, 9.17) is 17.0 Å². The Hall–Kier alpha value is -2.22. The van der Waals surface area contributed by atoms with Crippen molar-refractivity contribution in [3.63, 3.8) is 0 Å². The number of rotatable bonds is 2. The molecule has 0 bridgehead atoms. The molecule has 1 aromatic carbocycles. The minimum absolute atomic E-state index is 0.0655. The zero-order valence-corrected chi connectivity index (χ0v) is 11.8. The number of thiocarbonyl (C=S) groups is 1. The molecule has 0 radical (unpaired) electrons. The van der Waals surface area contributed by atoms with Crippen LogP contribution in [0.5, 0.6) is 5.75 Å². The number of nitrogens with zero attached hydrogens (tertiary/aromatic N) is 2. The van der Waals surface area contributed by atoms with Crippen molar-refractivity contribution in [2.75, 3.05) is 6.54 Å². The predicted octanol–water partition coefficient (Wildman–Crippen LogP) is 2.06. The summed E-state index contributed by atoms with van der Waals surface area (Å²) in [7, 11) is 0. The van der Waals surface area contributed by atoms with Crippen LogP contribution in [0.2, 0.25) is 0 Å². The van der Waals surface area contributed by atoms with Crippen LogP contribution >= 0.6 is 12.2 Å². The Kier molecular flexibility index (Phi) is 3.58. The molecule has 1 aliphatic heterocycles. The number of hydrogen-bond donors (Lipinski definition) is 1. The van der Waals surface area contributed by atoms with E-state index in [0.717, 1.165) is 0 Å². The lowest BCUT2D eigenvalue weighted by molar-refractivity contribution is -0.384. The van der Waals surface area contributed by atoms with Crippen molar-refractivity contribution in [1.82, 2.24) is 10.2 Å². The Morgan fingerprint density at radius 2 is 2.05 bits per heavy atom. The standard InChI is InChI=1S/C12H13N3O4S/c1-12(2)7-14(10(20)13-12)11(16)19-9-5-3-8(4-6-9)15(17)18/h3-6H,7H2,1-2H3,(H,13,20). The van der Waals surface area contributed by atoms with Crippen LogP contribution in [-0.4, -0.2) is 33.1 Å². The zero-order chi connectivity index (χ0) is 14.9. The van der Waals surface area contributed by atoms with Crippen LogP contribution in [0.25, 0.3) is 0 Å². The van der Waals surface area contributed by atoms with E-state index < -0.39 is 11.0 Å². The van der Waals surface area contributed by atoms with Crippen LogP contribution in [0.3, 0.4) is 0 Å². The number of benzene rings is 1. The van der Waals surface area contributed by atoms with Gasteiger partial charge in [-0.05, 0) is 38.2 Å². The van der Waals surface area contributed by atoms with Gasteiger partial charge in [0.2, 0.25) is 0 Å². The van der Waals surface area contributed by atoms with E-state index in [2.05, 4.69) is 5.32 Å². The van der Waals surface area contributed by atoms with E-state index in [-0.39, 0.29) is 17.0 Å². The Morgan fingerprint density at radius 3 is 2.50 bits per heavy atom. The number of nitro groups is 1. The Labute approximate surface area is 120 Å². The second-order valence-corrected chi connectivity index (χ2v) is 5.41. The summed E-state index contributed by atoms with van der Waals surface area (Å²) in [4.78, 5) is 23.3. The summed E-state index contributed by atoms with van der Waals surface area (Å²) in [6, 6.07) is 5.28. The molecule has 1 heterocycles. The van der Waals surface area contributed by atoms with Gasteiger partial charge in [0.15, 0.2) is 5.11 Å². The number of carbonyl (C=O) groups is 1. The molecule has 1 amide bonds. The molecule has 106 valence electrons. The van der Waals surface area contributed by atoms with E-state index in [1.165, 1.54) is 29.2 Å². The van der Waals surface area contributed by atoms with E-state index in [9.17, 15) is 14.9 Å². The second-order valence-electron chi connectivity index (χ2n) is 5.02. The van der Waals surface area contributed by atoms with Crippen molar-refractivity contribution in [2.24, 2.45) is 0 Å². The molecule has 2 rings (SSSR count). The highest BCUT2D eigenvalue weighted by Crippen LogP contribution is 2.20. The Balaban J connectivity index is 2.05. The fourth-order valence-corrected chi connectivity index (χ4v) is 2.22. The molecule has 8 heteroatoms. The highest BCUT2D eigenvalue weighted by atomic mass is 32.1. The summed E-state index contributed by atoms with van der Waals surface area (Å²) in [5.41, 5.74) is -0.365. The molecule has 0 unspecified atom stereocenters. The van der Waals surface area contributed by atoms with Crippen molar-refractivity contribution in [1.29, 1.82) is 0 Å². The molecule has 0 aliphatic carbocycles. The molecule has 0 saturated carbocycles. The quantitative estimate of drug-likeness (QED) is 0.511. The molecule has 0 atom stereocenters. The molecule has 1 fully saturated rings. The summed E-state index contributed by atoms with van der Waals surface area (Å²) < 4.78 is 5.13. The van der Waals surface area contributed by atoms with Gasteiger partial charge in [-0.25, -0.2) is 4.79 Å². The summed E-state index contributed by atoms with van der Waals surface area (Å²) >= 11 is 5.06. The monoisotopic (exact) mass is 295 g/mol. The first-order chi connectivity index (χ1) is 9.28. The lowest BCUT2D eigenvalue weighted by Crippen LogP contribution is -2.36. The fourth-order valence-electron chi connectivity index (χ4n) is 1.80. The maximum absolute atomic E-state index is 12.0. The predicted molar refractivity (Wildman–Crippen MR) is 75.6 cm³/mol. The molecular weight excluding hydrogens is 282 g/mol. The number of ether oxygens (including phenoxy) is 1. The molecular formula is C12H13N3O4S. The second kappa shape index (κ2) is 5.04. The maximum atomic E-state index is 12.0. The number of nitro benzene ring substituents is 1. The average Bonchev–Trinajstić information content (AvgIpc) is 2.63. The third-order valence-corrected chi connectivity index (χ3v) is 3.04. The average molecular weight is 295 g/mol. The molecule has 0 spiro atoms. The van der Waals surface area contributed by atoms with Crippen LogP contribution in [0, 0.1) is 10.1 Å². The largest absolute Gasteiger partial charge is 0.421 e. The van der Waals surface area contributed by atoms with Crippen LogP contribution in [0.4, 0.5) is 10.5 Å². The van der Waals surface area contributed by atoms with Crippen molar-refractivity contribution < 1.29 is 14.5 Å². The summed E-state index contributed by atoms with van der Waals surface area (Å²) in [5.74, 6) is 0.230. The SMILES string of the molecule is CC1(C)CN(C(=O)Oc2ccc([N+](=O)[O-])cc2)C(=S)N1. The van der Waals surface area contributed by atoms with Gasteiger partial charge in [0, 0.05) is 12.1 Å². The smallest absolute Gasteiger partial charge is 0.410 e. The minimum atomic E-state index is -0.609. The van der Waals surface area contributed by atoms with E-state index in [0.29, 0.717) is 11.7 Å². The molecule has 20 heavy (non-hydrogen) atoms. The summed E-state index contributed by atoms with van der Waals surface area (Å²) in [6.45, 7) is 4.23. The molecule has 1 aliphatic rings. The van der Waals surface area contributed by atoms with Crippen molar-refractivity contribution in [3.05, 3.63) is 34.4 Å². The van der Waals surface area contributed by atoms with Gasteiger partial charge in [0.25, 0.3) is 5.69 Å². The molecule has 1 saturated heterocycles. The lowest BCUT2D eigenvalue weighted by atomic mass is 10.1. The Bertz CT molecular complexity index is 571. The van der Waals surface area contributed by atoms with Gasteiger partial charge in [0.1, 0.15) is 5.75 Å². The number of hydrogen-bond acceptors (Lipinski definition) is 5. The normalized spacial score (nSPS) is 16.7. The number of non-ortho nitro benzene ring substituents is 1.